The number of carbonyl (C=O) groups excluding carboxylic acids is 1. The number of benzene rings is 1. The fourth-order valence-corrected chi connectivity index (χ4v) is 7.29. The Hall–Kier alpha value is -1.45. The highest BCUT2D eigenvalue weighted by Gasteiger charge is 2.87. The number of Topliss-reactive ketones (excluding diaryl/α,β-unsaturated/α-hetero) is 1. The first kappa shape index (κ1) is 16.7. The van der Waals surface area contributed by atoms with E-state index in [0.717, 1.165) is 37.9 Å². The second-order valence-corrected chi connectivity index (χ2v) is 9.19. The van der Waals surface area contributed by atoms with E-state index in [-0.39, 0.29) is 16.6 Å². The van der Waals surface area contributed by atoms with Crippen LogP contribution in [0.5, 0.6) is 0 Å². The van der Waals surface area contributed by atoms with Gasteiger partial charge in [-0.15, -0.1) is 0 Å². The van der Waals surface area contributed by atoms with Crippen LogP contribution in [0.3, 0.4) is 0 Å². The van der Waals surface area contributed by atoms with Crippen molar-refractivity contribution in [2.75, 3.05) is 6.61 Å². The van der Waals surface area contributed by atoms with Crippen molar-refractivity contribution in [1.29, 1.82) is 0 Å². The van der Waals surface area contributed by atoms with Gasteiger partial charge in [0.15, 0.2) is 0 Å². The maximum Gasteiger partial charge on any atom is 0.146 e. The van der Waals surface area contributed by atoms with Gasteiger partial charge in [0.05, 0.1) is 24.7 Å². The van der Waals surface area contributed by atoms with Gasteiger partial charge in [-0.2, -0.15) is 0 Å². The van der Waals surface area contributed by atoms with Gasteiger partial charge in [-0.3, -0.25) is 4.79 Å². The molecule has 0 unspecified atom stereocenters. The van der Waals surface area contributed by atoms with E-state index in [2.05, 4.69) is 25.6 Å². The quantitative estimate of drug-likeness (QED) is 0.818. The molecule has 138 valence electrons. The van der Waals surface area contributed by atoms with E-state index in [0.29, 0.717) is 24.9 Å². The molecule has 1 spiro atoms. The minimum Gasteiger partial charge on any atom is -0.392 e. The Morgan fingerprint density at radius 3 is 2.85 bits per heavy atom. The molecule has 0 saturated heterocycles. The molecule has 5 saturated carbocycles. The Balaban J connectivity index is 1.31. The Kier molecular flexibility index (Phi) is 3.40. The number of hydrogen-bond acceptors (Lipinski definition) is 3. The number of aliphatic hydroxyl groups is 1. The summed E-state index contributed by atoms with van der Waals surface area (Å²) in [5.41, 5.74) is 1.49. The lowest BCUT2D eigenvalue weighted by Crippen LogP contribution is -2.67. The van der Waals surface area contributed by atoms with E-state index in [4.69, 9.17) is 4.74 Å². The zero-order valence-electron chi connectivity index (χ0n) is 15.5. The Morgan fingerprint density at radius 2 is 2.08 bits per heavy atom. The predicted molar refractivity (Wildman–Crippen MR) is 99.3 cm³/mol. The molecule has 2 bridgehead atoms. The molecule has 5 fully saturated rings. The molecule has 1 aromatic rings. The Labute approximate surface area is 155 Å². The van der Waals surface area contributed by atoms with Gasteiger partial charge < -0.3 is 9.84 Å². The zero-order chi connectivity index (χ0) is 18.2. The third-order valence-corrected chi connectivity index (χ3v) is 8.40. The van der Waals surface area contributed by atoms with E-state index in [1.165, 1.54) is 5.56 Å². The van der Waals surface area contributed by atoms with Gasteiger partial charge in [0.2, 0.25) is 0 Å². The van der Waals surface area contributed by atoms with E-state index >= 15 is 0 Å². The number of rotatable bonds is 5. The highest BCUT2D eigenvalue weighted by Crippen LogP contribution is 2.88. The van der Waals surface area contributed by atoms with Crippen molar-refractivity contribution in [3.05, 3.63) is 48.0 Å². The number of carbonyl (C=O) groups is 1. The van der Waals surface area contributed by atoms with Gasteiger partial charge in [-0.1, -0.05) is 49.4 Å². The number of ketones is 1. The van der Waals surface area contributed by atoms with E-state index in [9.17, 15) is 9.90 Å². The number of fused-ring (bicyclic) bond motifs is 1. The van der Waals surface area contributed by atoms with Crippen molar-refractivity contribution in [1.82, 2.24) is 0 Å². The molecule has 0 radical (unpaired) electrons. The SMILES string of the molecule is C=C1[C@@]23C(=O)CCC[C@@]2(C)[C@]1([C@@H]1C[C@H]1COCc1ccccc1)C[C@@H]3O. The van der Waals surface area contributed by atoms with Crippen LogP contribution in [0.4, 0.5) is 0 Å². The van der Waals surface area contributed by atoms with Crippen LogP contribution < -0.4 is 0 Å². The Bertz CT molecular complexity index is 771. The average molecular weight is 352 g/mol. The van der Waals surface area contributed by atoms with Crippen LogP contribution in [0.2, 0.25) is 0 Å². The normalized spacial score (nSPS) is 46.0. The summed E-state index contributed by atoms with van der Waals surface area (Å²) in [6, 6.07) is 10.3. The van der Waals surface area contributed by atoms with Gasteiger partial charge in [0.25, 0.3) is 0 Å². The van der Waals surface area contributed by atoms with Crippen LogP contribution in [0.25, 0.3) is 0 Å². The molecule has 26 heavy (non-hydrogen) atoms. The molecule has 5 aliphatic rings. The van der Waals surface area contributed by atoms with Crippen molar-refractivity contribution in [2.24, 2.45) is 28.1 Å². The summed E-state index contributed by atoms with van der Waals surface area (Å²) in [6.07, 6.45) is 3.95. The van der Waals surface area contributed by atoms with Crippen LogP contribution in [-0.4, -0.2) is 23.6 Å². The number of ether oxygens (including phenoxy) is 1. The molecular formula is C23H28O3. The summed E-state index contributed by atoms with van der Waals surface area (Å²) in [4.78, 5) is 12.8. The highest BCUT2D eigenvalue weighted by atomic mass is 16.5. The second-order valence-electron chi connectivity index (χ2n) is 9.19. The lowest BCUT2D eigenvalue weighted by molar-refractivity contribution is -0.168. The van der Waals surface area contributed by atoms with Gasteiger partial charge >= 0.3 is 0 Å². The first-order valence-electron chi connectivity index (χ1n) is 10.0. The minimum atomic E-state index is -0.636. The van der Waals surface area contributed by atoms with E-state index in [1.807, 2.05) is 18.2 Å². The topological polar surface area (TPSA) is 46.5 Å². The van der Waals surface area contributed by atoms with Crippen molar-refractivity contribution in [2.45, 2.75) is 51.7 Å². The molecule has 0 aliphatic heterocycles. The maximum absolute atomic E-state index is 12.8. The maximum atomic E-state index is 12.8. The second kappa shape index (κ2) is 5.30. The van der Waals surface area contributed by atoms with Crippen LogP contribution in [-0.2, 0) is 16.1 Å². The van der Waals surface area contributed by atoms with Gasteiger partial charge in [0, 0.05) is 11.8 Å². The molecule has 3 heteroatoms. The molecule has 0 amide bonds. The van der Waals surface area contributed by atoms with E-state index < -0.39 is 11.5 Å². The van der Waals surface area contributed by atoms with E-state index in [1.54, 1.807) is 0 Å². The highest BCUT2D eigenvalue weighted by molar-refractivity contribution is 5.95. The molecule has 0 heterocycles. The van der Waals surface area contributed by atoms with Crippen LogP contribution in [0.1, 0.15) is 44.6 Å². The fraction of sp³-hybridized carbons (Fsp3) is 0.609. The largest absolute Gasteiger partial charge is 0.392 e. The zero-order valence-corrected chi connectivity index (χ0v) is 15.5. The molecule has 0 aromatic heterocycles. The lowest BCUT2D eigenvalue weighted by atomic mass is 9.34. The molecule has 5 aliphatic carbocycles. The summed E-state index contributed by atoms with van der Waals surface area (Å²) < 4.78 is 5.99. The van der Waals surface area contributed by atoms with Crippen molar-refractivity contribution in [3.63, 3.8) is 0 Å². The van der Waals surface area contributed by atoms with Crippen LogP contribution >= 0.6 is 0 Å². The van der Waals surface area contributed by atoms with Crippen molar-refractivity contribution >= 4 is 5.78 Å². The summed E-state index contributed by atoms with van der Waals surface area (Å²) in [5.74, 6) is 1.30. The summed E-state index contributed by atoms with van der Waals surface area (Å²) in [6.45, 7) is 8.06. The minimum absolute atomic E-state index is 0.0384. The standard InChI is InChI=1S/C23H28O3/c1-15-22(12-20(25)23(15)19(24)9-6-10-21(22,23)2)18-11-17(18)14-26-13-16-7-4-3-5-8-16/h3-5,7-8,17-18,20,25H,1,6,9-14H2,2H3/t17-,18+,20-,21-,22+,23-/m0/s1. The van der Waals surface area contributed by atoms with Crippen molar-refractivity contribution < 1.29 is 14.6 Å². The predicted octanol–water partition coefficient (Wildman–Crippen LogP) is 3.91. The average Bonchev–Trinajstić information content (AvgIpc) is 3.30. The third-order valence-electron chi connectivity index (χ3n) is 8.40. The van der Waals surface area contributed by atoms with Gasteiger partial charge in [-0.05, 0) is 48.5 Å². The number of hydrogen-bond donors (Lipinski definition) is 1. The molecule has 1 N–H and O–H groups in total. The molecule has 3 nitrogen and oxygen atoms in total. The summed E-state index contributed by atoms with van der Waals surface area (Å²) >= 11 is 0. The fourth-order valence-electron chi connectivity index (χ4n) is 7.29. The molecular weight excluding hydrogens is 324 g/mol. The summed E-state index contributed by atoms with van der Waals surface area (Å²) in [5, 5.41) is 10.9. The number of aliphatic hydroxyl groups excluding tert-OH is 1. The monoisotopic (exact) mass is 352 g/mol. The Morgan fingerprint density at radius 1 is 1.31 bits per heavy atom. The molecule has 1 aromatic carbocycles. The molecule has 6 atom stereocenters. The molecule has 6 rings (SSSR count). The van der Waals surface area contributed by atoms with Gasteiger partial charge in [0.1, 0.15) is 5.78 Å². The van der Waals surface area contributed by atoms with Crippen LogP contribution in [0.15, 0.2) is 42.5 Å². The smallest absolute Gasteiger partial charge is 0.146 e. The van der Waals surface area contributed by atoms with Gasteiger partial charge in [-0.25, -0.2) is 0 Å². The van der Waals surface area contributed by atoms with Crippen LogP contribution in [0, 0.1) is 28.1 Å². The third kappa shape index (κ3) is 1.70. The lowest BCUT2D eigenvalue weighted by Gasteiger charge is -2.67. The summed E-state index contributed by atoms with van der Waals surface area (Å²) in [7, 11) is 0. The first-order chi connectivity index (χ1) is 12.5. The first-order valence-corrected chi connectivity index (χ1v) is 10.0. The van der Waals surface area contributed by atoms with Crippen molar-refractivity contribution in [3.8, 4) is 0 Å².